The van der Waals surface area contributed by atoms with Crippen LogP contribution in [-0.4, -0.2) is 48.4 Å². The zero-order chi connectivity index (χ0) is 17.1. The molecule has 1 aliphatic heterocycles. The van der Waals surface area contributed by atoms with Gasteiger partial charge in [-0.3, -0.25) is 4.79 Å². The molecule has 7 heteroatoms. The number of methoxy groups -OCH3 is 2. The average Bonchev–Trinajstić information content (AvgIpc) is 2.60. The molecule has 0 unspecified atom stereocenters. The number of piperidine rings is 1. The second-order valence-corrected chi connectivity index (χ2v) is 5.95. The van der Waals surface area contributed by atoms with Crippen molar-refractivity contribution in [2.45, 2.75) is 19.3 Å². The van der Waals surface area contributed by atoms with Gasteiger partial charge in [-0.1, -0.05) is 0 Å². The van der Waals surface area contributed by atoms with Crippen LogP contribution in [0.2, 0.25) is 0 Å². The van der Waals surface area contributed by atoms with E-state index in [1.54, 1.807) is 20.5 Å². The molecular formula is C17H21N3O4. The number of anilines is 1. The first kappa shape index (κ1) is 16.3. The smallest absolute Gasteiger partial charge is 0.303 e. The summed E-state index contributed by atoms with van der Waals surface area (Å²) in [6.07, 6.45) is 3.49. The van der Waals surface area contributed by atoms with Crippen LogP contribution in [0.1, 0.15) is 19.3 Å². The Labute approximate surface area is 140 Å². The second kappa shape index (κ2) is 6.90. The fourth-order valence-corrected chi connectivity index (χ4v) is 3.22. The maximum Gasteiger partial charge on any atom is 0.303 e. The molecule has 1 aromatic carbocycles. The van der Waals surface area contributed by atoms with Crippen molar-refractivity contribution in [1.82, 2.24) is 9.97 Å². The Morgan fingerprint density at radius 3 is 2.50 bits per heavy atom. The molecule has 0 aliphatic carbocycles. The lowest BCUT2D eigenvalue weighted by Crippen LogP contribution is -2.35. The van der Waals surface area contributed by atoms with Gasteiger partial charge in [0.15, 0.2) is 11.5 Å². The largest absolute Gasteiger partial charge is 0.493 e. The number of aromatic nitrogens is 2. The molecular weight excluding hydrogens is 310 g/mol. The van der Waals surface area contributed by atoms with Gasteiger partial charge in [0.05, 0.1) is 19.7 Å². The van der Waals surface area contributed by atoms with E-state index in [1.807, 2.05) is 12.1 Å². The fourth-order valence-electron chi connectivity index (χ4n) is 3.22. The number of ether oxygens (including phenoxy) is 2. The zero-order valence-corrected chi connectivity index (χ0v) is 13.9. The maximum absolute atomic E-state index is 10.9. The Morgan fingerprint density at radius 2 is 1.88 bits per heavy atom. The molecule has 128 valence electrons. The van der Waals surface area contributed by atoms with Crippen molar-refractivity contribution in [2.24, 2.45) is 5.92 Å². The van der Waals surface area contributed by atoms with Crippen LogP contribution in [-0.2, 0) is 4.79 Å². The molecule has 1 aliphatic rings. The highest BCUT2D eigenvalue weighted by molar-refractivity contribution is 5.92. The van der Waals surface area contributed by atoms with Crippen LogP contribution in [0.5, 0.6) is 11.5 Å². The minimum absolute atomic E-state index is 0.237. The van der Waals surface area contributed by atoms with Gasteiger partial charge in [0.25, 0.3) is 0 Å². The monoisotopic (exact) mass is 331 g/mol. The molecule has 0 spiro atoms. The highest BCUT2D eigenvalue weighted by Crippen LogP contribution is 2.35. The minimum atomic E-state index is -0.724. The highest BCUT2D eigenvalue weighted by Gasteiger charge is 2.23. The summed E-state index contributed by atoms with van der Waals surface area (Å²) in [6, 6.07) is 3.74. The minimum Gasteiger partial charge on any atom is -0.493 e. The van der Waals surface area contributed by atoms with E-state index in [9.17, 15) is 4.79 Å². The third-order valence-corrected chi connectivity index (χ3v) is 4.50. The number of carbonyl (C=O) groups is 1. The number of fused-ring (bicyclic) bond motifs is 1. The van der Waals surface area contributed by atoms with Gasteiger partial charge in [-0.05, 0) is 24.8 Å². The standard InChI is InChI=1S/C17H21N3O4/c1-23-14-8-12-13(9-15(14)24-2)18-10-19-17(12)20-5-3-11(4-6-20)7-16(21)22/h8-11H,3-7H2,1-2H3,(H,21,22). The van der Waals surface area contributed by atoms with E-state index in [0.717, 1.165) is 42.7 Å². The molecule has 24 heavy (non-hydrogen) atoms. The fraction of sp³-hybridized carbons (Fsp3) is 0.471. The first-order chi connectivity index (χ1) is 11.6. The molecule has 0 bridgehead atoms. The van der Waals surface area contributed by atoms with Crippen molar-refractivity contribution in [3.05, 3.63) is 18.5 Å². The van der Waals surface area contributed by atoms with Crippen LogP contribution in [0.15, 0.2) is 18.5 Å². The van der Waals surface area contributed by atoms with E-state index in [0.29, 0.717) is 11.5 Å². The Hall–Kier alpha value is -2.57. The van der Waals surface area contributed by atoms with Gasteiger partial charge < -0.3 is 19.5 Å². The van der Waals surface area contributed by atoms with Crippen molar-refractivity contribution >= 4 is 22.7 Å². The van der Waals surface area contributed by atoms with E-state index >= 15 is 0 Å². The van der Waals surface area contributed by atoms with E-state index < -0.39 is 5.97 Å². The second-order valence-electron chi connectivity index (χ2n) is 5.95. The van der Waals surface area contributed by atoms with Crippen LogP contribution in [0.3, 0.4) is 0 Å². The quantitative estimate of drug-likeness (QED) is 0.900. The summed E-state index contributed by atoms with van der Waals surface area (Å²) >= 11 is 0. The summed E-state index contributed by atoms with van der Waals surface area (Å²) in [5.74, 6) is 1.64. The van der Waals surface area contributed by atoms with Gasteiger partial charge in [-0.2, -0.15) is 0 Å². The lowest BCUT2D eigenvalue weighted by Gasteiger charge is -2.32. The molecule has 1 saturated heterocycles. The number of carboxylic acid groups (broad SMARTS) is 1. The number of benzene rings is 1. The van der Waals surface area contributed by atoms with E-state index in [4.69, 9.17) is 14.6 Å². The summed E-state index contributed by atoms with van der Waals surface area (Å²) in [5.41, 5.74) is 0.797. The van der Waals surface area contributed by atoms with Crippen molar-refractivity contribution in [2.75, 3.05) is 32.2 Å². The van der Waals surface area contributed by atoms with Gasteiger partial charge in [-0.25, -0.2) is 9.97 Å². The molecule has 0 saturated carbocycles. The lowest BCUT2D eigenvalue weighted by molar-refractivity contribution is -0.138. The SMILES string of the molecule is COc1cc2ncnc(N3CCC(CC(=O)O)CC3)c2cc1OC. The van der Waals surface area contributed by atoms with Crippen molar-refractivity contribution in [1.29, 1.82) is 0 Å². The van der Waals surface area contributed by atoms with Crippen molar-refractivity contribution in [3.8, 4) is 11.5 Å². The van der Waals surface area contributed by atoms with E-state index in [2.05, 4.69) is 14.9 Å². The molecule has 0 radical (unpaired) electrons. The molecule has 1 N–H and O–H groups in total. The van der Waals surface area contributed by atoms with Gasteiger partial charge in [-0.15, -0.1) is 0 Å². The summed E-state index contributed by atoms with van der Waals surface area (Å²) < 4.78 is 10.7. The Kier molecular flexibility index (Phi) is 4.69. The Bertz CT molecular complexity index is 742. The third-order valence-electron chi connectivity index (χ3n) is 4.50. The van der Waals surface area contributed by atoms with Crippen molar-refractivity contribution < 1.29 is 19.4 Å². The molecule has 2 heterocycles. The number of hydrogen-bond acceptors (Lipinski definition) is 6. The zero-order valence-electron chi connectivity index (χ0n) is 13.9. The molecule has 2 aromatic rings. The van der Waals surface area contributed by atoms with E-state index in [1.165, 1.54) is 0 Å². The van der Waals surface area contributed by atoms with E-state index in [-0.39, 0.29) is 12.3 Å². The molecule has 0 atom stereocenters. The third kappa shape index (κ3) is 3.20. The van der Waals surface area contributed by atoms with Crippen LogP contribution in [0.25, 0.3) is 10.9 Å². The van der Waals surface area contributed by atoms with Gasteiger partial charge >= 0.3 is 5.97 Å². The molecule has 0 amide bonds. The summed E-state index contributed by atoms with van der Waals surface area (Å²) in [5, 5.41) is 9.85. The van der Waals surface area contributed by atoms with Crippen LogP contribution >= 0.6 is 0 Å². The predicted molar refractivity (Wildman–Crippen MR) is 89.8 cm³/mol. The first-order valence-corrected chi connectivity index (χ1v) is 7.96. The Morgan fingerprint density at radius 1 is 1.21 bits per heavy atom. The topological polar surface area (TPSA) is 84.8 Å². The first-order valence-electron chi connectivity index (χ1n) is 7.96. The van der Waals surface area contributed by atoms with Crippen molar-refractivity contribution in [3.63, 3.8) is 0 Å². The maximum atomic E-state index is 10.9. The number of hydrogen-bond donors (Lipinski definition) is 1. The van der Waals surface area contributed by atoms with Crippen LogP contribution in [0.4, 0.5) is 5.82 Å². The molecule has 1 fully saturated rings. The lowest BCUT2D eigenvalue weighted by atomic mass is 9.93. The molecule has 7 nitrogen and oxygen atoms in total. The number of carboxylic acids is 1. The number of aliphatic carboxylic acids is 1. The number of nitrogens with zero attached hydrogens (tertiary/aromatic N) is 3. The van der Waals surface area contributed by atoms with Crippen LogP contribution < -0.4 is 14.4 Å². The molecule has 3 rings (SSSR count). The molecule has 1 aromatic heterocycles. The van der Waals surface area contributed by atoms with Crippen LogP contribution in [0, 0.1) is 5.92 Å². The summed E-state index contributed by atoms with van der Waals surface area (Å²) in [6.45, 7) is 1.58. The summed E-state index contributed by atoms with van der Waals surface area (Å²) in [4.78, 5) is 21.8. The number of rotatable bonds is 5. The van der Waals surface area contributed by atoms with Gasteiger partial charge in [0, 0.05) is 31.0 Å². The summed E-state index contributed by atoms with van der Waals surface area (Å²) in [7, 11) is 3.20. The van der Waals surface area contributed by atoms with Gasteiger partial charge in [0.2, 0.25) is 0 Å². The van der Waals surface area contributed by atoms with Gasteiger partial charge in [0.1, 0.15) is 12.1 Å². The predicted octanol–water partition coefficient (Wildman–Crippen LogP) is 2.34. The average molecular weight is 331 g/mol. The Balaban J connectivity index is 1.89. The highest BCUT2D eigenvalue weighted by atomic mass is 16.5. The normalized spacial score (nSPS) is 15.5.